The van der Waals surface area contributed by atoms with Gasteiger partial charge in [-0.3, -0.25) is 9.97 Å². The van der Waals surface area contributed by atoms with Crippen molar-refractivity contribution in [1.29, 1.82) is 0 Å². The highest BCUT2D eigenvalue weighted by atomic mass is 14.6. The van der Waals surface area contributed by atoms with Crippen molar-refractivity contribution >= 4 is 5.57 Å². The lowest BCUT2D eigenvalue weighted by Crippen LogP contribution is -1.87. The van der Waals surface area contributed by atoms with Crippen molar-refractivity contribution < 1.29 is 0 Å². The van der Waals surface area contributed by atoms with Crippen LogP contribution in [0.5, 0.6) is 0 Å². The smallest absolute Gasteiger partial charge is 0.0346 e. The standard InChI is InChI=1S/C12H10N2/c1-10(11-4-2-6-13-8-11)12-5-3-7-14-9-12/h2-9H,1H2. The molecule has 0 fully saturated rings. The molecule has 2 aromatic rings. The molecule has 0 aromatic carbocycles. The summed E-state index contributed by atoms with van der Waals surface area (Å²) < 4.78 is 0. The Bertz CT molecular complexity index is 379. The Balaban J connectivity index is 2.35. The van der Waals surface area contributed by atoms with E-state index in [1.807, 2.05) is 24.3 Å². The second kappa shape index (κ2) is 3.83. The van der Waals surface area contributed by atoms with Gasteiger partial charge in [0, 0.05) is 35.9 Å². The van der Waals surface area contributed by atoms with E-state index < -0.39 is 0 Å². The Kier molecular flexibility index (Phi) is 2.36. The molecule has 2 heterocycles. The van der Waals surface area contributed by atoms with Gasteiger partial charge in [-0.2, -0.15) is 0 Å². The highest BCUT2D eigenvalue weighted by Crippen LogP contribution is 2.18. The summed E-state index contributed by atoms with van der Waals surface area (Å²) in [6.07, 6.45) is 7.10. The predicted molar refractivity (Wildman–Crippen MR) is 56.6 cm³/mol. The molecular formula is C12H10N2. The minimum atomic E-state index is 0.950. The molecular weight excluding hydrogens is 172 g/mol. The van der Waals surface area contributed by atoms with Crippen LogP contribution in [0.25, 0.3) is 5.57 Å². The van der Waals surface area contributed by atoms with Crippen LogP contribution in [-0.4, -0.2) is 9.97 Å². The molecule has 0 aliphatic carbocycles. The molecule has 0 aliphatic rings. The van der Waals surface area contributed by atoms with E-state index in [0.29, 0.717) is 0 Å². The minimum Gasteiger partial charge on any atom is -0.264 e. The number of hydrogen-bond donors (Lipinski definition) is 0. The molecule has 2 rings (SSSR count). The van der Waals surface area contributed by atoms with Crippen LogP contribution in [0.2, 0.25) is 0 Å². The molecule has 0 unspecified atom stereocenters. The highest BCUT2D eigenvalue weighted by molar-refractivity contribution is 5.76. The van der Waals surface area contributed by atoms with Crippen LogP contribution < -0.4 is 0 Å². The Morgan fingerprint density at radius 3 is 1.79 bits per heavy atom. The van der Waals surface area contributed by atoms with Crippen LogP contribution in [0, 0.1) is 0 Å². The van der Waals surface area contributed by atoms with E-state index in [-0.39, 0.29) is 0 Å². The molecule has 0 N–H and O–H groups in total. The first-order valence-electron chi connectivity index (χ1n) is 4.37. The van der Waals surface area contributed by atoms with Crippen LogP contribution in [0.1, 0.15) is 11.1 Å². The maximum absolute atomic E-state index is 4.05. The topological polar surface area (TPSA) is 25.8 Å². The second-order valence-electron chi connectivity index (χ2n) is 2.96. The van der Waals surface area contributed by atoms with Gasteiger partial charge in [-0.1, -0.05) is 18.7 Å². The lowest BCUT2D eigenvalue weighted by atomic mass is 10.0. The first-order valence-corrected chi connectivity index (χ1v) is 4.37. The Hall–Kier alpha value is -1.96. The summed E-state index contributed by atoms with van der Waals surface area (Å²) in [6.45, 7) is 4.02. The summed E-state index contributed by atoms with van der Waals surface area (Å²) in [5.41, 5.74) is 3.01. The first-order chi connectivity index (χ1) is 6.88. The van der Waals surface area contributed by atoms with Crippen LogP contribution in [0.3, 0.4) is 0 Å². The number of hydrogen-bond acceptors (Lipinski definition) is 2. The zero-order valence-corrected chi connectivity index (χ0v) is 7.72. The van der Waals surface area contributed by atoms with Crippen molar-refractivity contribution in [1.82, 2.24) is 9.97 Å². The molecule has 0 saturated carbocycles. The van der Waals surface area contributed by atoms with Gasteiger partial charge in [0.1, 0.15) is 0 Å². The quantitative estimate of drug-likeness (QED) is 0.713. The van der Waals surface area contributed by atoms with Gasteiger partial charge in [0.25, 0.3) is 0 Å². The Morgan fingerprint density at radius 1 is 0.929 bits per heavy atom. The third-order valence-corrected chi connectivity index (χ3v) is 2.02. The van der Waals surface area contributed by atoms with Gasteiger partial charge in [-0.15, -0.1) is 0 Å². The molecule has 0 saturated heterocycles. The minimum absolute atomic E-state index is 0.950. The van der Waals surface area contributed by atoms with E-state index in [9.17, 15) is 0 Å². The summed E-state index contributed by atoms with van der Waals surface area (Å²) in [5, 5.41) is 0. The maximum atomic E-state index is 4.05. The number of nitrogens with zero attached hydrogens (tertiary/aromatic N) is 2. The Labute approximate surface area is 83.0 Å². The number of rotatable bonds is 2. The van der Waals surface area contributed by atoms with Crippen molar-refractivity contribution in [2.24, 2.45) is 0 Å². The molecule has 0 aliphatic heterocycles. The summed E-state index contributed by atoms with van der Waals surface area (Å²) in [5.74, 6) is 0. The van der Waals surface area contributed by atoms with E-state index in [0.717, 1.165) is 16.7 Å². The number of pyridine rings is 2. The van der Waals surface area contributed by atoms with Gasteiger partial charge in [0.05, 0.1) is 0 Å². The molecule has 68 valence electrons. The van der Waals surface area contributed by atoms with E-state index >= 15 is 0 Å². The lowest BCUT2D eigenvalue weighted by Gasteiger charge is -2.03. The van der Waals surface area contributed by atoms with Crippen LogP contribution in [0.15, 0.2) is 55.6 Å². The van der Waals surface area contributed by atoms with Gasteiger partial charge in [0.15, 0.2) is 0 Å². The molecule has 2 heteroatoms. The van der Waals surface area contributed by atoms with Crippen molar-refractivity contribution in [3.63, 3.8) is 0 Å². The fourth-order valence-electron chi connectivity index (χ4n) is 1.25. The van der Waals surface area contributed by atoms with Crippen molar-refractivity contribution in [3.8, 4) is 0 Å². The largest absolute Gasteiger partial charge is 0.264 e. The van der Waals surface area contributed by atoms with E-state index in [4.69, 9.17) is 0 Å². The molecule has 0 bridgehead atoms. The first kappa shape index (κ1) is 8.63. The molecule has 2 nitrogen and oxygen atoms in total. The number of aromatic nitrogens is 2. The third-order valence-electron chi connectivity index (χ3n) is 2.02. The average molecular weight is 182 g/mol. The van der Waals surface area contributed by atoms with Crippen molar-refractivity contribution in [3.05, 3.63) is 66.8 Å². The predicted octanol–water partition coefficient (Wildman–Crippen LogP) is 2.54. The van der Waals surface area contributed by atoms with E-state index in [1.54, 1.807) is 24.8 Å². The molecule has 14 heavy (non-hydrogen) atoms. The third kappa shape index (κ3) is 1.69. The van der Waals surface area contributed by atoms with Gasteiger partial charge in [-0.25, -0.2) is 0 Å². The molecule has 0 atom stereocenters. The van der Waals surface area contributed by atoms with E-state index in [1.165, 1.54) is 0 Å². The van der Waals surface area contributed by atoms with Crippen molar-refractivity contribution in [2.45, 2.75) is 0 Å². The molecule has 0 amide bonds. The SMILES string of the molecule is C=C(c1cccnc1)c1cccnc1. The van der Waals surface area contributed by atoms with Gasteiger partial charge in [-0.05, 0) is 17.7 Å². The summed E-state index contributed by atoms with van der Waals surface area (Å²) in [4.78, 5) is 8.10. The van der Waals surface area contributed by atoms with Crippen LogP contribution in [0.4, 0.5) is 0 Å². The maximum Gasteiger partial charge on any atom is 0.0346 e. The zero-order valence-electron chi connectivity index (χ0n) is 7.72. The fraction of sp³-hybridized carbons (Fsp3) is 0. The summed E-state index contributed by atoms with van der Waals surface area (Å²) in [7, 11) is 0. The van der Waals surface area contributed by atoms with Gasteiger partial charge >= 0.3 is 0 Å². The van der Waals surface area contributed by atoms with Gasteiger partial charge < -0.3 is 0 Å². The normalized spacial score (nSPS) is 9.71. The second-order valence-corrected chi connectivity index (χ2v) is 2.96. The summed E-state index contributed by atoms with van der Waals surface area (Å²) >= 11 is 0. The van der Waals surface area contributed by atoms with Crippen LogP contribution >= 0.6 is 0 Å². The molecule has 2 aromatic heterocycles. The Morgan fingerprint density at radius 2 is 1.43 bits per heavy atom. The van der Waals surface area contributed by atoms with Crippen molar-refractivity contribution in [2.75, 3.05) is 0 Å². The zero-order chi connectivity index (χ0) is 9.80. The highest BCUT2D eigenvalue weighted by Gasteiger charge is 2.00. The van der Waals surface area contributed by atoms with Crippen LogP contribution in [-0.2, 0) is 0 Å². The van der Waals surface area contributed by atoms with Gasteiger partial charge in [0.2, 0.25) is 0 Å². The monoisotopic (exact) mass is 182 g/mol. The molecule has 0 radical (unpaired) electrons. The lowest BCUT2D eigenvalue weighted by molar-refractivity contribution is 1.29. The van der Waals surface area contributed by atoms with E-state index in [2.05, 4.69) is 16.5 Å². The fourth-order valence-corrected chi connectivity index (χ4v) is 1.25. The summed E-state index contributed by atoms with van der Waals surface area (Å²) in [6, 6.07) is 7.78. The average Bonchev–Trinajstić information content (AvgIpc) is 2.30. The molecule has 0 spiro atoms.